The third-order valence-electron chi connectivity index (χ3n) is 4.16. The number of hydrogen-bond acceptors (Lipinski definition) is 3. The minimum Gasteiger partial charge on any atom is -0.481 e. The standard InChI is InChI=1S/C15H21N3O3/c1-3-15(14(20)21)7-4-8-18(11-15)13(19)6-5-12-9-16-17(2)10-12/h5-6,9-10H,3-4,7-8,11H2,1-2H3,(H,20,21). The van der Waals surface area contributed by atoms with Crippen molar-refractivity contribution in [1.29, 1.82) is 0 Å². The molecule has 1 aromatic rings. The van der Waals surface area contributed by atoms with Crippen LogP contribution in [0.1, 0.15) is 31.7 Å². The molecule has 0 bridgehead atoms. The molecule has 114 valence electrons. The predicted octanol–water partition coefficient (Wildman–Crippen LogP) is 1.54. The molecule has 1 aromatic heterocycles. The lowest BCUT2D eigenvalue weighted by Crippen LogP contribution is -2.49. The zero-order valence-electron chi connectivity index (χ0n) is 12.5. The Bertz CT molecular complexity index is 564. The number of rotatable bonds is 4. The van der Waals surface area contributed by atoms with Crippen LogP contribution >= 0.6 is 0 Å². The van der Waals surface area contributed by atoms with Crippen molar-refractivity contribution < 1.29 is 14.7 Å². The molecule has 0 aliphatic carbocycles. The van der Waals surface area contributed by atoms with Crippen LogP contribution in [0.2, 0.25) is 0 Å². The highest BCUT2D eigenvalue weighted by Gasteiger charge is 2.41. The summed E-state index contributed by atoms with van der Waals surface area (Å²) in [7, 11) is 1.81. The van der Waals surface area contributed by atoms with Crippen molar-refractivity contribution in [3.8, 4) is 0 Å². The summed E-state index contributed by atoms with van der Waals surface area (Å²) in [5, 5.41) is 13.5. The van der Waals surface area contributed by atoms with Crippen molar-refractivity contribution in [2.45, 2.75) is 26.2 Å². The predicted molar refractivity (Wildman–Crippen MR) is 78.4 cm³/mol. The Kier molecular flexibility index (Phi) is 4.45. The maximum Gasteiger partial charge on any atom is 0.311 e. The van der Waals surface area contributed by atoms with Crippen LogP contribution in [0.25, 0.3) is 6.08 Å². The van der Waals surface area contributed by atoms with E-state index in [0.29, 0.717) is 19.4 Å². The van der Waals surface area contributed by atoms with Crippen molar-refractivity contribution in [2.24, 2.45) is 12.5 Å². The molecule has 1 aliphatic heterocycles. The van der Waals surface area contributed by atoms with E-state index in [1.54, 1.807) is 21.9 Å². The largest absolute Gasteiger partial charge is 0.481 e. The monoisotopic (exact) mass is 291 g/mol. The number of aromatic nitrogens is 2. The Morgan fingerprint density at radius 1 is 1.52 bits per heavy atom. The van der Waals surface area contributed by atoms with Crippen molar-refractivity contribution in [3.63, 3.8) is 0 Å². The summed E-state index contributed by atoms with van der Waals surface area (Å²) in [5.74, 6) is -0.948. The van der Waals surface area contributed by atoms with Gasteiger partial charge in [-0.1, -0.05) is 6.92 Å². The number of aliphatic carboxylic acids is 1. The average molecular weight is 291 g/mol. The first-order valence-electron chi connectivity index (χ1n) is 7.16. The van der Waals surface area contributed by atoms with Gasteiger partial charge in [-0.25, -0.2) is 0 Å². The highest BCUT2D eigenvalue weighted by molar-refractivity contribution is 5.92. The number of carboxylic acids is 1. The summed E-state index contributed by atoms with van der Waals surface area (Å²) in [6, 6.07) is 0. The molecule has 1 saturated heterocycles. The van der Waals surface area contributed by atoms with Crippen LogP contribution in [-0.4, -0.2) is 44.8 Å². The SMILES string of the molecule is CCC1(C(=O)O)CCCN(C(=O)C=Cc2cnn(C)c2)C1. The van der Waals surface area contributed by atoms with Gasteiger partial charge in [0.05, 0.1) is 11.6 Å². The molecule has 1 unspecified atom stereocenters. The van der Waals surface area contributed by atoms with Gasteiger partial charge < -0.3 is 10.0 Å². The zero-order valence-corrected chi connectivity index (χ0v) is 12.5. The van der Waals surface area contributed by atoms with Crippen LogP contribution in [0.15, 0.2) is 18.5 Å². The van der Waals surface area contributed by atoms with E-state index in [2.05, 4.69) is 5.10 Å². The van der Waals surface area contributed by atoms with E-state index >= 15 is 0 Å². The maximum absolute atomic E-state index is 12.2. The second kappa shape index (κ2) is 6.11. The second-order valence-corrected chi connectivity index (χ2v) is 5.58. The molecule has 6 nitrogen and oxygen atoms in total. The number of piperidine rings is 1. The van der Waals surface area contributed by atoms with E-state index in [9.17, 15) is 14.7 Å². The Morgan fingerprint density at radius 3 is 2.86 bits per heavy atom. The smallest absolute Gasteiger partial charge is 0.311 e. The van der Waals surface area contributed by atoms with Gasteiger partial charge >= 0.3 is 5.97 Å². The molecule has 1 atom stereocenters. The van der Waals surface area contributed by atoms with Crippen LogP contribution < -0.4 is 0 Å². The highest BCUT2D eigenvalue weighted by atomic mass is 16.4. The number of carbonyl (C=O) groups is 2. The zero-order chi connectivity index (χ0) is 15.5. The van der Waals surface area contributed by atoms with E-state index in [0.717, 1.165) is 12.0 Å². The van der Waals surface area contributed by atoms with Crippen LogP contribution in [0.3, 0.4) is 0 Å². The second-order valence-electron chi connectivity index (χ2n) is 5.58. The van der Waals surface area contributed by atoms with Gasteiger partial charge in [0.1, 0.15) is 0 Å². The van der Waals surface area contributed by atoms with Crippen molar-refractivity contribution in [2.75, 3.05) is 13.1 Å². The number of hydrogen-bond donors (Lipinski definition) is 1. The Morgan fingerprint density at radius 2 is 2.29 bits per heavy atom. The molecule has 21 heavy (non-hydrogen) atoms. The van der Waals surface area contributed by atoms with E-state index in [1.165, 1.54) is 6.08 Å². The number of carboxylic acid groups (broad SMARTS) is 1. The first-order valence-corrected chi connectivity index (χ1v) is 7.16. The summed E-state index contributed by atoms with van der Waals surface area (Å²) < 4.78 is 1.66. The van der Waals surface area contributed by atoms with Crippen LogP contribution in [0.5, 0.6) is 0 Å². The number of amides is 1. The van der Waals surface area contributed by atoms with Crippen LogP contribution in [0.4, 0.5) is 0 Å². The van der Waals surface area contributed by atoms with Crippen molar-refractivity contribution in [1.82, 2.24) is 14.7 Å². The third-order valence-corrected chi connectivity index (χ3v) is 4.16. The molecule has 1 aliphatic rings. The number of aryl methyl sites for hydroxylation is 1. The minimum absolute atomic E-state index is 0.141. The Labute approximate surface area is 124 Å². The average Bonchev–Trinajstić information content (AvgIpc) is 2.90. The van der Waals surface area contributed by atoms with Gasteiger partial charge in [0, 0.05) is 38.0 Å². The third kappa shape index (κ3) is 3.32. The summed E-state index contributed by atoms with van der Waals surface area (Å²) in [6.07, 6.45) is 8.59. The number of likely N-dealkylation sites (tertiary alicyclic amines) is 1. The molecule has 1 fully saturated rings. The van der Waals surface area contributed by atoms with Gasteiger partial charge in [-0.15, -0.1) is 0 Å². The molecule has 1 amide bonds. The van der Waals surface area contributed by atoms with Gasteiger partial charge in [0.15, 0.2) is 0 Å². The van der Waals surface area contributed by atoms with E-state index < -0.39 is 11.4 Å². The van der Waals surface area contributed by atoms with E-state index in [4.69, 9.17) is 0 Å². The topological polar surface area (TPSA) is 75.4 Å². The summed E-state index contributed by atoms with van der Waals surface area (Å²) in [6.45, 7) is 2.77. The molecule has 0 spiro atoms. The lowest BCUT2D eigenvalue weighted by Gasteiger charge is -2.39. The lowest BCUT2D eigenvalue weighted by molar-refractivity contribution is -0.154. The van der Waals surface area contributed by atoms with Gasteiger partial charge in [-0.2, -0.15) is 5.10 Å². The van der Waals surface area contributed by atoms with Crippen molar-refractivity contribution in [3.05, 3.63) is 24.0 Å². The number of nitrogens with zero attached hydrogens (tertiary/aromatic N) is 3. The van der Waals surface area contributed by atoms with Gasteiger partial charge in [-0.05, 0) is 25.3 Å². The molecular weight excluding hydrogens is 270 g/mol. The minimum atomic E-state index is -0.807. The van der Waals surface area contributed by atoms with E-state index in [-0.39, 0.29) is 12.5 Å². The molecule has 0 aromatic carbocycles. The number of carbonyl (C=O) groups excluding carboxylic acids is 1. The molecule has 0 radical (unpaired) electrons. The Hall–Kier alpha value is -2.11. The first kappa shape index (κ1) is 15.3. The molecule has 2 rings (SSSR count). The Balaban J connectivity index is 2.05. The first-order chi connectivity index (χ1) is 9.97. The molecule has 6 heteroatoms. The highest BCUT2D eigenvalue weighted by Crippen LogP contribution is 2.33. The fraction of sp³-hybridized carbons (Fsp3) is 0.533. The van der Waals surface area contributed by atoms with Gasteiger partial charge in [0.2, 0.25) is 5.91 Å². The normalized spacial score (nSPS) is 22.7. The van der Waals surface area contributed by atoms with Crippen LogP contribution in [0, 0.1) is 5.41 Å². The summed E-state index contributed by atoms with van der Waals surface area (Å²) in [5.41, 5.74) is 0.0543. The maximum atomic E-state index is 12.2. The lowest BCUT2D eigenvalue weighted by atomic mass is 9.77. The summed E-state index contributed by atoms with van der Waals surface area (Å²) >= 11 is 0. The van der Waals surface area contributed by atoms with Gasteiger partial charge in [0.25, 0.3) is 0 Å². The summed E-state index contributed by atoms with van der Waals surface area (Å²) in [4.78, 5) is 25.3. The van der Waals surface area contributed by atoms with Crippen LogP contribution in [-0.2, 0) is 16.6 Å². The fourth-order valence-electron chi connectivity index (χ4n) is 2.73. The fourth-order valence-corrected chi connectivity index (χ4v) is 2.73. The molecule has 0 saturated carbocycles. The molecular formula is C15H21N3O3. The van der Waals surface area contributed by atoms with Crippen molar-refractivity contribution >= 4 is 18.0 Å². The molecule has 1 N–H and O–H groups in total. The quantitative estimate of drug-likeness (QED) is 0.854. The van der Waals surface area contributed by atoms with E-state index in [1.807, 2.05) is 20.2 Å². The molecule has 2 heterocycles. The van der Waals surface area contributed by atoms with Gasteiger partial charge in [-0.3, -0.25) is 14.3 Å².